The van der Waals surface area contributed by atoms with Gasteiger partial charge >= 0.3 is 0 Å². The molecule has 40 heavy (non-hydrogen) atoms. The lowest BCUT2D eigenvalue weighted by Crippen LogP contribution is -2.49. The highest BCUT2D eigenvalue weighted by Crippen LogP contribution is 2.24. The number of carbonyl (C=O) groups is 1. The summed E-state index contributed by atoms with van der Waals surface area (Å²) in [6.45, 7) is 7.98. The molecule has 8 bridgehead atoms. The third-order valence-electron chi connectivity index (χ3n) is 7.57. The Hall–Kier alpha value is -3.60. The van der Waals surface area contributed by atoms with Gasteiger partial charge in [0.2, 0.25) is 11.9 Å². The first-order valence-corrected chi connectivity index (χ1v) is 14.1. The van der Waals surface area contributed by atoms with Crippen LogP contribution in [0.3, 0.4) is 0 Å². The van der Waals surface area contributed by atoms with Crippen LogP contribution in [0.4, 0.5) is 17.5 Å². The lowest BCUT2D eigenvalue weighted by atomic mass is 10.1. The average molecular weight is 545 g/mol. The fraction of sp³-hybridized carbons (Fsp3) is 0.467. The van der Waals surface area contributed by atoms with Crippen LogP contribution in [0.5, 0.6) is 0 Å². The Morgan fingerprint density at radius 2 is 1.68 bits per heavy atom. The van der Waals surface area contributed by atoms with Gasteiger partial charge in [-0.15, -0.1) is 0 Å². The van der Waals surface area contributed by atoms with Crippen LogP contribution < -0.4 is 10.2 Å². The Bertz CT molecular complexity index is 1250. The first kappa shape index (κ1) is 27.9. The second-order valence-electron chi connectivity index (χ2n) is 10.6. The molecule has 1 amide bonds. The zero-order valence-electron chi connectivity index (χ0n) is 23.6. The van der Waals surface area contributed by atoms with Crippen molar-refractivity contribution < 1.29 is 9.53 Å². The topological polar surface area (TPSA) is 90.0 Å². The number of methoxy groups -OCH3 is 1. The molecule has 1 saturated heterocycles. The van der Waals surface area contributed by atoms with E-state index in [1.807, 2.05) is 42.7 Å². The fourth-order valence-electron chi connectivity index (χ4n) is 5.22. The van der Waals surface area contributed by atoms with Gasteiger partial charge in [0, 0.05) is 103 Å². The van der Waals surface area contributed by atoms with E-state index in [4.69, 9.17) is 14.7 Å². The lowest BCUT2D eigenvalue weighted by molar-refractivity contribution is -0.131. The summed E-state index contributed by atoms with van der Waals surface area (Å²) in [7, 11) is 3.62. The van der Waals surface area contributed by atoms with Crippen molar-refractivity contribution in [3.63, 3.8) is 0 Å². The van der Waals surface area contributed by atoms with E-state index in [0.717, 1.165) is 81.3 Å². The molecule has 10 heteroatoms. The van der Waals surface area contributed by atoms with Gasteiger partial charge in [0.05, 0.1) is 6.54 Å². The van der Waals surface area contributed by atoms with Crippen LogP contribution in [0.15, 0.2) is 55.0 Å². The van der Waals surface area contributed by atoms with Gasteiger partial charge in [0.25, 0.3) is 0 Å². The number of likely N-dealkylation sites (N-methyl/N-ethyl adjacent to an activating group) is 1. The van der Waals surface area contributed by atoms with E-state index < -0.39 is 0 Å². The molecule has 7 heterocycles. The maximum atomic E-state index is 13.0. The molecule has 3 aromatic rings. The molecule has 5 aliphatic rings. The van der Waals surface area contributed by atoms with Gasteiger partial charge in [-0.2, -0.15) is 0 Å². The first-order chi connectivity index (χ1) is 19.6. The van der Waals surface area contributed by atoms with Gasteiger partial charge in [-0.05, 0) is 48.2 Å². The minimum absolute atomic E-state index is 0.174. The molecule has 0 aliphatic carbocycles. The summed E-state index contributed by atoms with van der Waals surface area (Å²) in [5.74, 6) is 1.64. The molecule has 5 aliphatic heterocycles. The number of piperazine rings is 1. The summed E-state index contributed by atoms with van der Waals surface area (Å²) in [6.07, 6.45) is 7.27. The third kappa shape index (κ3) is 7.53. The van der Waals surface area contributed by atoms with E-state index in [0.29, 0.717) is 25.6 Å². The molecule has 1 aromatic carbocycles. The van der Waals surface area contributed by atoms with Crippen LogP contribution in [0, 0.1) is 0 Å². The number of anilines is 3. The van der Waals surface area contributed by atoms with Crippen molar-refractivity contribution in [2.45, 2.75) is 19.4 Å². The second kappa shape index (κ2) is 13.6. The molecular weight excluding hydrogens is 504 g/mol. The van der Waals surface area contributed by atoms with Gasteiger partial charge < -0.3 is 19.9 Å². The molecule has 2 aromatic heterocycles. The molecule has 1 fully saturated rings. The largest absolute Gasteiger partial charge is 0.385 e. The SMILES string of the molecule is COCCCN1CCCN(C)C(=O)CN2CCN(CC2)Cc2cccc(c2)Nc2cc(ccn2)-c2cnc1nc2. The maximum Gasteiger partial charge on any atom is 0.236 e. The molecule has 0 radical (unpaired) electrons. The van der Waals surface area contributed by atoms with E-state index in [-0.39, 0.29) is 5.91 Å². The number of nitrogens with one attached hydrogen (secondary N) is 1. The number of aromatic nitrogens is 3. The van der Waals surface area contributed by atoms with Crippen molar-refractivity contribution in [2.24, 2.45) is 0 Å². The van der Waals surface area contributed by atoms with E-state index >= 15 is 0 Å². The van der Waals surface area contributed by atoms with Crippen LogP contribution in [0.1, 0.15) is 18.4 Å². The van der Waals surface area contributed by atoms with Crippen molar-refractivity contribution in [3.8, 4) is 11.1 Å². The van der Waals surface area contributed by atoms with Gasteiger partial charge in [-0.25, -0.2) is 15.0 Å². The highest BCUT2D eigenvalue weighted by atomic mass is 16.5. The van der Waals surface area contributed by atoms with Crippen molar-refractivity contribution in [1.82, 2.24) is 29.7 Å². The number of hydrogen-bond acceptors (Lipinski definition) is 9. The molecule has 8 rings (SSSR count). The van der Waals surface area contributed by atoms with Crippen molar-refractivity contribution >= 4 is 23.4 Å². The number of pyridine rings is 1. The summed E-state index contributed by atoms with van der Waals surface area (Å²) in [6, 6.07) is 12.5. The zero-order valence-corrected chi connectivity index (χ0v) is 23.6. The molecular formula is C30H40N8O2. The van der Waals surface area contributed by atoms with Gasteiger partial charge in [0.15, 0.2) is 0 Å². The first-order valence-electron chi connectivity index (χ1n) is 14.1. The van der Waals surface area contributed by atoms with Crippen molar-refractivity contribution in [3.05, 3.63) is 60.6 Å². The van der Waals surface area contributed by atoms with E-state index in [1.165, 1.54) is 5.56 Å². The van der Waals surface area contributed by atoms with E-state index in [2.05, 4.69) is 49.3 Å². The van der Waals surface area contributed by atoms with Crippen molar-refractivity contribution in [2.75, 3.05) is 83.3 Å². The highest BCUT2D eigenvalue weighted by Gasteiger charge is 2.21. The number of ether oxygens (including phenoxy) is 1. The molecule has 0 spiro atoms. The lowest BCUT2D eigenvalue weighted by Gasteiger charge is -2.35. The number of hydrogen-bond donors (Lipinski definition) is 1. The summed E-state index contributed by atoms with van der Waals surface area (Å²) < 4.78 is 5.28. The Morgan fingerprint density at radius 3 is 2.45 bits per heavy atom. The zero-order chi connectivity index (χ0) is 27.7. The average Bonchev–Trinajstić information content (AvgIpc) is 2.97. The Morgan fingerprint density at radius 1 is 0.900 bits per heavy atom. The summed E-state index contributed by atoms with van der Waals surface area (Å²) >= 11 is 0. The monoisotopic (exact) mass is 544 g/mol. The third-order valence-corrected chi connectivity index (χ3v) is 7.57. The van der Waals surface area contributed by atoms with Gasteiger partial charge in [0.1, 0.15) is 5.82 Å². The van der Waals surface area contributed by atoms with Crippen LogP contribution in [-0.2, 0) is 16.1 Å². The molecule has 212 valence electrons. The predicted molar refractivity (Wildman–Crippen MR) is 158 cm³/mol. The van der Waals surface area contributed by atoms with Crippen LogP contribution >= 0.6 is 0 Å². The summed E-state index contributed by atoms with van der Waals surface area (Å²) in [4.78, 5) is 35.7. The minimum atomic E-state index is 0.174. The van der Waals surface area contributed by atoms with E-state index in [9.17, 15) is 4.79 Å². The van der Waals surface area contributed by atoms with Gasteiger partial charge in [-0.3, -0.25) is 14.6 Å². The Labute approximate surface area is 237 Å². The normalized spacial score (nSPS) is 20.4. The number of amides is 1. The predicted octanol–water partition coefficient (Wildman–Crippen LogP) is 3.10. The maximum absolute atomic E-state index is 13.0. The fourth-order valence-corrected chi connectivity index (χ4v) is 5.22. The highest BCUT2D eigenvalue weighted by molar-refractivity contribution is 5.78. The number of nitrogens with zero attached hydrogens (tertiary/aromatic N) is 7. The van der Waals surface area contributed by atoms with Crippen LogP contribution in [0.2, 0.25) is 0 Å². The Kier molecular flexibility index (Phi) is 9.54. The molecule has 10 nitrogen and oxygen atoms in total. The van der Waals surface area contributed by atoms with Crippen LogP contribution in [0.25, 0.3) is 11.1 Å². The number of benzene rings is 1. The number of rotatable bonds is 4. The summed E-state index contributed by atoms with van der Waals surface area (Å²) in [5, 5.41) is 3.47. The molecule has 0 atom stereocenters. The van der Waals surface area contributed by atoms with Crippen molar-refractivity contribution in [1.29, 1.82) is 0 Å². The standard InChI is InChI=1S/C30H40N8O2/c1-35-10-4-11-38(12-5-17-40-2)30-32-20-26(21-33-30)25-8-9-31-28(19-25)34-27-7-3-6-24(18-27)22-36-13-15-37(16-14-36)23-29(35)39/h3,6-9,18-21H,4-5,10-17,22-23H2,1-2H3,(H,31,34). The molecule has 1 N–H and O–H groups in total. The van der Waals surface area contributed by atoms with E-state index in [1.54, 1.807) is 7.11 Å². The quantitative estimate of drug-likeness (QED) is 0.498. The smallest absolute Gasteiger partial charge is 0.236 e. The molecule has 0 unspecified atom stereocenters. The summed E-state index contributed by atoms with van der Waals surface area (Å²) in [5.41, 5.74) is 4.19. The molecule has 0 saturated carbocycles. The van der Waals surface area contributed by atoms with Crippen LogP contribution in [-0.4, -0.2) is 109 Å². The Balaban J connectivity index is 1.39. The number of carbonyl (C=O) groups excluding carboxylic acids is 1. The second-order valence-corrected chi connectivity index (χ2v) is 10.6. The minimum Gasteiger partial charge on any atom is -0.385 e. The van der Waals surface area contributed by atoms with Gasteiger partial charge in [-0.1, -0.05) is 12.1 Å².